The van der Waals surface area contributed by atoms with Crippen molar-refractivity contribution in [2.75, 3.05) is 0 Å². The molecule has 0 radical (unpaired) electrons. The first-order chi connectivity index (χ1) is 9.38. The molecular weight excluding hydrogens is 276 g/mol. The Hall–Kier alpha value is -1.22. The first-order valence-electron chi connectivity index (χ1n) is 7.15. The molecule has 0 saturated heterocycles. The Labute approximate surface area is 124 Å². The summed E-state index contributed by atoms with van der Waals surface area (Å²) in [6.45, 7) is 3.99. The quantitative estimate of drug-likeness (QED) is 0.866. The molecule has 0 atom stereocenters. The van der Waals surface area contributed by atoms with Crippen LogP contribution in [0.2, 0.25) is 5.02 Å². The molecule has 1 saturated carbocycles. The standard InChI is InChI=1S/C16H21ClO3/c1-10(2)11-8-14(18)12(9-13(11)17)16(15(19)20)6-4-3-5-7-16/h8-10,18H,3-7H2,1-2H3,(H,19,20). The van der Waals surface area contributed by atoms with Gasteiger partial charge in [-0.3, -0.25) is 4.79 Å². The number of benzene rings is 1. The predicted octanol–water partition coefficient (Wildman–Crippen LogP) is 4.46. The largest absolute Gasteiger partial charge is 0.508 e. The summed E-state index contributed by atoms with van der Waals surface area (Å²) in [5.74, 6) is -0.613. The van der Waals surface area contributed by atoms with Crippen molar-refractivity contribution in [3.63, 3.8) is 0 Å². The zero-order valence-electron chi connectivity index (χ0n) is 11.9. The van der Waals surface area contributed by atoms with Crippen molar-refractivity contribution < 1.29 is 15.0 Å². The van der Waals surface area contributed by atoms with E-state index >= 15 is 0 Å². The van der Waals surface area contributed by atoms with Gasteiger partial charge in [0.1, 0.15) is 5.75 Å². The van der Waals surface area contributed by atoms with Crippen molar-refractivity contribution in [1.29, 1.82) is 0 Å². The van der Waals surface area contributed by atoms with Crippen molar-refractivity contribution in [2.45, 2.75) is 57.3 Å². The van der Waals surface area contributed by atoms with Crippen LogP contribution in [-0.2, 0) is 10.2 Å². The Kier molecular flexibility index (Phi) is 4.28. The number of phenols is 1. The van der Waals surface area contributed by atoms with Gasteiger partial charge >= 0.3 is 5.97 Å². The molecule has 20 heavy (non-hydrogen) atoms. The van der Waals surface area contributed by atoms with Crippen LogP contribution >= 0.6 is 11.6 Å². The number of carboxylic acids is 1. The van der Waals surface area contributed by atoms with Gasteiger partial charge in [-0.2, -0.15) is 0 Å². The smallest absolute Gasteiger partial charge is 0.314 e. The summed E-state index contributed by atoms with van der Waals surface area (Å²) in [5, 5.41) is 20.5. The van der Waals surface area contributed by atoms with E-state index in [0.29, 0.717) is 23.4 Å². The molecule has 1 aliphatic carbocycles. The fourth-order valence-electron chi connectivity index (χ4n) is 3.16. The van der Waals surface area contributed by atoms with Gasteiger partial charge in [0.2, 0.25) is 0 Å². The number of aliphatic carboxylic acids is 1. The molecule has 4 heteroatoms. The molecule has 0 unspecified atom stereocenters. The van der Waals surface area contributed by atoms with Gasteiger partial charge in [-0.15, -0.1) is 0 Å². The highest BCUT2D eigenvalue weighted by atomic mass is 35.5. The number of carbonyl (C=O) groups is 1. The summed E-state index contributed by atoms with van der Waals surface area (Å²) in [4.78, 5) is 11.8. The third-order valence-electron chi connectivity index (χ3n) is 4.37. The minimum Gasteiger partial charge on any atom is -0.508 e. The van der Waals surface area contributed by atoms with E-state index < -0.39 is 11.4 Å². The van der Waals surface area contributed by atoms with Crippen molar-refractivity contribution in [1.82, 2.24) is 0 Å². The van der Waals surface area contributed by atoms with Crippen LogP contribution < -0.4 is 0 Å². The van der Waals surface area contributed by atoms with Crippen LogP contribution in [0.5, 0.6) is 5.75 Å². The zero-order valence-corrected chi connectivity index (χ0v) is 12.7. The van der Waals surface area contributed by atoms with Gasteiger partial charge in [0.05, 0.1) is 5.41 Å². The molecule has 3 nitrogen and oxygen atoms in total. The fraction of sp³-hybridized carbons (Fsp3) is 0.562. The van der Waals surface area contributed by atoms with Crippen molar-refractivity contribution in [2.24, 2.45) is 0 Å². The molecule has 0 amide bonds. The molecule has 1 fully saturated rings. The number of rotatable bonds is 3. The summed E-state index contributed by atoms with van der Waals surface area (Å²) in [7, 11) is 0. The molecule has 0 heterocycles. The summed E-state index contributed by atoms with van der Waals surface area (Å²) in [6, 6.07) is 3.29. The molecule has 1 aromatic carbocycles. The van der Waals surface area contributed by atoms with Crippen LogP contribution in [0.15, 0.2) is 12.1 Å². The normalized spacial score (nSPS) is 18.2. The Morgan fingerprint density at radius 2 is 1.85 bits per heavy atom. The van der Waals surface area contributed by atoms with Crippen LogP contribution in [0.25, 0.3) is 0 Å². The number of carboxylic acid groups (broad SMARTS) is 1. The van der Waals surface area contributed by atoms with Crippen LogP contribution in [0.3, 0.4) is 0 Å². The highest BCUT2D eigenvalue weighted by Gasteiger charge is 2.43. The molecular formula is C16H21ClO3. The summed E-state index contributed by atoms with van der Waals surface area (Å²) >= 11 is 6.28. The lowest BCUT2D eigenvalue weighted by atomic mass is 9.69. The number of hydrogen-bond donors (Lipinski definition) is 2. The zero-order chi connectivity index (χ0) is 14.9. The SMILES string of the molecule is CC(C)c1cc(O)c(C2(C(=O)O)CCCCC2)cc1Cl. The molecule has 1 aromatic rings. The highest BCUT2D eigenvalue weighted by Crippen LogP contribution is 2.45. The van der Waals surface area contributed by atoms with E-state index in [2.05, 4.69) is 0 Å². The number of phenolic OH excluding ortho intramolecular Hbond substituents is 1. The first kappa shape index (κ1) is 15.2. The molecule has 110 valence electrons. The fourth-order valence-corrected chi connectivity index (χ4v) is 3.54. The molecule has 0 bridgehead atoms. The van der Waals surface area contributed by atoms with Gasteiger partial charge in [0, 0.05) is 10.6 Å². The molecule has 0 aliphatic heterocycles. The Morgan fingerprint density at radius 3 is 2.35 bits per heavy atom. The summed E-state index contributed by atoms with van der Waals surface area (Å²) in [5.41, 5.74) is 0.338. The Morgan fingerprint density at radius 1 is 1.25 bits per heavy atom. The van der Waals surface area contributed by atoms with Crippen LogP contribution in [0.1, 0.15) is 63.0 Å². The maximum absolute atomic E-state index is 11.8. The van der Waals surface area contributed by atoms with Crippen LogP contribution in [0, 0.1) is 0 Å². The second-order valence-corrected chi connectivity index (χ2v) is 6.40. The van der Waals surface area contributed by atoms with E-state index in [1.165, 1.54) is 0 Å². The van der Waals surface area contributed by atoms with Gasteiger partial charge in [0.25, 0.3) is 0 Å². The lowest BCUT2D eigenvalue weighted by molar-refractivity contribution is -0.145. The molecule has 0 spiro atoms. The van der Waals surface area contributed by atoms with E-state index in [1.54, 1.807) is 12.1 Å². The predicted molar refractivity (Wildman–Crippen MR) is 79.6 cm³/mol. The lowest BCUT2D eigenvalue weighted by Gasteiger charge is -2.34. The maximum Gasteiger partial charge on any atom is 0.314 e. The van der Waals surface area contributed by atoms with Crippen LogP contribution in [0.4, 0.5) is 0 Å². The van der Waals surface area contributed by atoms with Gasteiger partial charge in [0.15, 0.2) is 0 Å². The molecule has 0 aromatic heterocycles. The van der Waals surface area contributed by atoms with Crippen molar-refractivity contribution in [3.05, 3.63) is 28.3 Å². The van der Waals surface area contributed by atoms with Crippen molar-refractivity contribution >= 4 is 17.6 Å². The maximum atomic E-state index is 11.8. The summed E-state index contributed by atoms with van der Waals surface area (Å²) < 4.78 is 0. The Bertz CT molecular complexity index is 517. The molecule has 1 aliphatic rings. The van der Waals surface area contributed by atoms with Gasteiger partial charge in [-0.05, 0) is 36.5 Å². The van der Waals surface area contributed by atoms with Crippen LogP contribution in [-0.4, -0.2) is 16.2 Å². The van der Waals surface area contributed by atoms with Gasteiger partial charge in [-0.1, -0.05) is 44.7 Å². The lowest BCUT2D eigenvalue weighted by Crippen LogP contribution is -2.38. The second kappa shape index (κ2) is 5.65. The second-order valence-electron chi connectivity index (χ2n) is 5.99. The third-order valence-corrected chi connectivity index (χ3v) is 4.70. The highest BCUT2D eigenvalue weighted by molar-refractivity contribution is 6.31. The minimum absolute atomic E-state index is 0.0578. The summed E-state index contributed by atoms with van der Waals surface area (Å²) in [6.07, 6.45) is 3.92. The van der Waals surface area contributed by atoms with E-state index in [9.17, 15) is 15.0 Å². The number of aromatic hydroxyl groups is 1. The average Bonchev–Trinajstić information content (AvgIpc) is 2.41. The minimum atomic E-state index is -0.985. The van der Waals surface area contributed by atoms with E-state index in [1.807, 2.05) is 13.8 Å². The molecule has 2 N–H and O–H groups in total. The van der Waals surface area contributed by atoms with E-state index in [4.69, 9.17) is 11.6 Å². The van der Waals surface area contributed by atoms with E-state index in [0.717, 1.165) is 24.8 Å². The average molecular weight is 297 g/mol. The Balaban J connectivity index is 2.55. The number of hydrogen-bond acceptors (Lipinski definition) is 2. The van der Waals surface area contributed by atoms with Gasteiger partial charge in [-0.25, -0.2) is 0 Å². The number of halogens is 1. The van der Waals surface area contributed by atoms with Gasteiger partial charge < -0.3 is 10.2 Å². The third kappa shape index (κ3) is 2.51. The van der Waals surface area contributed by atoms with Crippen molar-refractivity contribution in [3.8, 4) is 5.75 Å². The topological polar surface area (TPSA) is 57.5 Å². The molecule has 2 rings (SSSR count). The first-order valence-corrected chi connectivity index (χ1v) is 7.52. The van der Waals surface area contributed by atoms with E-state index in [-0.39, 0.29) is 11.7 Å². The monoisotopic (exact) mass is 296 g/mol.